The molecule has 2 aromatic rings. The number of ether oxygens (including phenoxy) is 2. The summed E-state index contributed by atoms with van der Waals surface area (Å²) in [5, 5.41) is 12.7. The van der Waals surface area contributed by atoms with Gasteiger partial charge in [0.05, 0.1) is 19.8 Å². The Morgan fingerprint density at radius 1 is 1.04 bits per heavy atom. The second-order valence-electron chi connectivity index (χ2n) is 7.97. The number of methoxy groups -OCH3 is 2. The molecule has 0 bridgehead atoms. The molecule has 1 aliphatic rings. The van der Waals surface area contributed by atoms with Crippen molar-refractivity contribution in [1.29, 1.82) is 0 Å². The Morgan fingerprint density at radius 3 is 2.33 bits per heavy atom. The monoisotopic (exact) mass is 374 g/mol. The third-order valence-corrected chi connectivity index (χ3v) is 5.01. The average Bonchev–Trinajstić information content (AvgIpc) is 3.13. The number of likely N-dealkylation sites (N-methyl/N-ethyl adjacent to an activating group) is 1. The summed E-state index contributed by atoms with van der Waals surface area (Å²) in [4.78, 5) is 4.76. The molecule has 0 amide bonds. The summed E-state index contributed by atoms with van der Waals surface area (Å²) in [6.07, 6.45) is 0. The summed E-state index contributed by atoms with van der Waals surface area (Å²) in [5.41, 5.74) is 0.789. The lowest BCUT2D eigenvalue weighted by molar-refractivity contribution is 0.117. The van der Waals surface area contributed by atoms with Gasteiger partial charge in [-0.05, 0) is 56.4 Å². The number of nitrogens with zero attached hydrogens (tertiary/aromatic N) is 6. The summed E-state index contributed by atoms with van der Waals surface area (Å²) in [5.74, 6) is 2.42. The molecular formula is C19H30N6O2. The maximum absolute atomic E-state index is 5.69. The highest BCUT2D eigenvalue weighted by Crippen LogP contribution is 2.37. The first-order valence-corrected chi connectivity index (χ1v) is 9.28. The first-order chi connectivity index (χ1) is 12.8. The number of tetrazole rings is 1. The van der Waals surface area contributed by atoms with Crippen molar-refractivity contribution >= 4 is 0 Å². The van der Waals surface area contributed by atoms with Gasteiger partial charge in [-0.25, -0.2) is 4.68 Å². The molecule has 0 saturated carbocycles. The van der Waals surface area contributed by atoms with E-state index in [1.807, 2.05) is 22.9 Å². The van der Waals surface area contributed by atoms with Crippen molar-refractivity contribution in [2.45, 2.75) is 32.4 Å². The molecule has 0 aliphatic carbocycles. The average molecular weight is 374 g/mol. The second kappa shape index (κ2) is 7.82. The zero-order valence-corrected chi connectivity index (χ0v) is 17.1. The van der Waals surface area contributed by atoms with E-state index in [-0.39, 0.29) is 11.6 Å². The minimum atomic E-state index is -0.226. The van der Waals surface area contributed by atoms with Crippen LogP contribution in [0.15, 0.2) is 18.2 Å². The van der Waals surface area contributed by atoms with Crippen molar-refractivity contribution in [1.82, 2.24) is 30.0 Å². The Balaban J connectivity index is 2.13. The fourth-order valence-corrected chi connectivity index (χ4v) is 3.47. The molecule has 0 N–H and O–H groups in total. The molecule has 2 heterocycles. The molecule has 1 fully saturated rings. The van der Waals surface area contributed by atoms with Crippen molar-refractivity contribution in [2.75, 3.05) is 47.4 Å². The fraction of sp³-hybridized carbons (Fsp3) is 0.632. The molecule has 0 radical (unpaired) electrons. The lowest BCUT2D eigenvalue weighted by Crippen LogP contribution is -2.47. The summed E-state index contributed by atoms with van der Waals surface area (Å²) in [6.45, 7) is 10.2. The predicted octanol–water partition coefficient (Wildman–Crippen LogP) is 1.78. The number of hydrogen-bond donors (Lipinski definition) is 0. The summed E-state index contributed by atoms with van der Waals surface area (Å²) >= 11 is 0. The van der Waals surface area contributed by atoms with Crippen LogP contribution in [0.5, 0.6) is 11.5 Å². The molecule has 148 valence electrons. The molecule has 8 heteroatoms. The van der Waals surface area contributed by atoms with E-state index in [0.717, 1.165) is 49.1 Å². The largest absolute Gasteiger partial charge is 0.497 e. The van der Waals surface area contributed by atoms with Crippen LogP contribution in [-0.4, -0.2) is 77.5 Å². The van der Waals surface area contributed by atoms with Crippen LogP contribution < -0.4 is 9.47 Å². The number of aromatic nitrogens is 4. The van der Waals surface area contributed by atoms with E-state index in [9.17, 15) is 0 Å². The number of rotatable bonds is 5. The van der Waals surface area contributed by atoms with Crippen LogP contribution in [0, 0.1) is 0 Å². The van der Waals surface area contributed by atoms with Crippen LogP contribution >= 0.6 is 0 Å². The highest BCUT2D eigenvalue weighted by atomic mass is 16.5. The van der Waals surface area contributed by atoms with Gasteiger partial charge >= 0.3 is 0 Å². The van der Waals surface area contributed by atoms with E-state index in [4.69, 9.17) is 9.47 Å². The second-order valence-corrected chi connectivity index (χ2v) is 7.97. The molecule has 1 aliphatic heterocycles. The van der Waals surface area contributed by atoms with E-state index in [1.54, 1.807) is 14.2 Å². The highest BCUT2D eigenvalue weighted by molar-refractivity contribution is 5.44. The Morgan fingerprint density at radius 2 is 1.74 bits per heavy atom. The molecule has 0 unspecified atom stereocenters. The smallest absolute Gasteiger partial charge is 0.173 e. The topological polar surface area (TPSA) is 68.5 Å². The zero-order chi connectivity index (χ0) is 19.6. The van der Waals surface area contributed by atoms with Gasteiger partial charge in [-0.2, -0.15) is 0 Å². The van der Waals surface area contributed by atoms with Crippen LogP contribution in [-0.2, 0) is 5.54 Å². The van der Waals surface area contributed by atoms with Gasteiger partial charge in [-0.3, -0.25) is 4.90 Å². The maximum atomic E-state index is 5.69. The van der Waals surface area contributed by atoms with Crippen LogP contribution in [0.4, 0.5) is 0 Å². The Hall–Kier alpha value is -2.19. The van der Waals surface area contributed by atoms with Crippen molar-refractivity contribution in [2.24, 2.45) is 0 Å². The van der Waals surface area contributed by atoms with Gasteiger partial charge < -0.3 is 14.4 Å². The third-order valence-electron chi connectivity index (χ3n) is 5.01. The SMILES string of the molecule is COc1ccc(OC)c([C@@H](c2nnnn2C(C)(C)C)N2CCN(C)CC2)c1. The van der Waals surface area contributed by atoms with Crippen molar-refractivity contribution in [3.63, 3.8) is 0 Å². The van der Waals surface area contributed by atoms with Crippen molar-refractivity contribution in [3.8, 4) is 11.5 Å². The molecule has 1 saturated heterocycles. The molecule has 1 aromatic carbocycles. The third kappa shape index (κ3) is 4.06. The molecule has 1 aromatic heterocycles. The molecule has 1 atom stereocenters. The quantitative estimate of drug-likeness (QED) is 0.790. The van der Waals surface area contributed by atoms with Gasteiger partial charge in [0.25, 0.3) is 0 Å². The van der Waals surface area contributed by atoms with E-state index < -0.39 is 0 Å². The maximum Gasteiger partial charge on any atom is 0.173 e. The molecule has 27 heavy (non-hydrogen) atoms. The van der Waals surface area contributed by atoms with E-state index >= 15 is 0 Å². The summed E-state index contributed by atoms with van der Waals surface area (Å²) < 4.78 is 13.1. The normalized spacial score (nSPS) is 17.7. The van der Waals surface area contributed by atoms with Crippen LogP contribution in [0.2, 0.25) is 0 Å². The first kappa shape index (κ1) is 19.6. The molecule has 0 spiro atoms. The first-order valence-electron chi connectivity index (χ1n) is 9.28. The molecule has 3 rings (SSSR count). The minimum absolute atomic E-state index is 0.113. The lowest BCUT2D eigenvalue weighted by atomic mass is 10.00. The van der Waals surface area contributed by atoms with Crippen molar-refractivity contribution in [3.05, 3.63) is 29.6 Å². The van der Waals surface area contributed by atoms with Gasteiger partial charge in [-0.15, -0.1) is 5.10 Å². The van der Waals surface area contributed by atoms with E-state index in [2.05, 4.69) is 53.1 Å². The standard InChI is InChI=1S/C19H30N6O2/c1-19(2,3)25-18(20-21-22-25)17(24-11-9-23(4)10-12-24)15-13-14(26-5)7-8-16(15)27-6/h7-8,13,17H,9-12H2,1-6H3/t17-/m0/s1. The summed E-state index contributed by atoms with van der Waals surface area (Å²) in [7, 11) is 5.52. The Kier molecular flexibility index (Phi) is 5.67. The van der Waals surface area contributed by atoms with Gasteiger partial charge in [0.15, 0.2) is 5.82 Å². The Bertz CT molecular complexity index is 762. The molecule has 8 nitrogen and oxygen atoms in total. The van der Waals surface area contributed by atoms with Crippen LogP contribution in [0.3, 0.4) is 0 Å². The minimum Gasteiger partial charge on any atom is -0.497 e. The van der Waals surface area contributed by atoms with E-state index in [0.29, 0.717) is 0 Å². The Labute approximate surface area is 161 Å². The van der Waals surface area contributed by atoms with E-state index in [1.165, 1.54) is 0 Å². The lowest BCUT2D eigenvalue weighted by Gasteiger charge is -2.38. The van der Waals surface area contributed by atoms with Gasteiger partial charge in [0, 0.05) is 31.7 Å². The van der Waals surface area contributed by atoms with Crippen molar-refractivity contribution < 1.29 is 9.47 Å². The number of benzene rings is 1. The molecular weight excluding hydrogens is 344 g/mol. The fourth-order valence-electron chi connectivity index (χ4n) is 3.47. The predicted molar refractivity (Wildman–Crippen MR) is 103 cm³/mol. The van der Waals surface area contributed by atoms with Gasteiger partial charge in [0.2, 0.25) is 0 Å². The highest BCUT2D eigenvalue weighted by Gasteiger charge is 2.34. The zero-order valence-electron chi connectivity index (χ0n) is 17.1. The van der Waals surface area contributed by atoms with Gasteiger partial charge in [0.1, 0.15) is 17.5 Å². The van der Waals surface area contributed by atoms with Crippen LogP contribution in [0.25, 0.3) is 0 Å². The number of hydrogen-bond acceptors (Lipinski definition) is 7. The number of piperazine rings is 1. The summed E-state index contributed by atoms with van der Waals surface area (Å²) in [6, 6.07) is 5.78. The van der Waals surface area contributed by atoms with Gasteiger partial charge in [-0.1, -0.05) is 0 Å². The van der Waals surface area contributed by atoms with Crippen LogP contribution in [0.1, 0.15) is 38.2 Å².